The predicted octanol–water partition coefficient (Wildman–Crippen LogP) is 6.47. The molecule has 1 heterocycles. The van der Waals surface area contributed by atoms with E-state index in [1.165, 1.54) is 25.7 Å². The lowest BCUT2D eigenvalue weighted by Gasteiger charge is -2.10. The van der Waals surface area contributed by atoms with Gasteiger partial charge in [-0.25, -0.2) is 4.98 Å². The number of thiazole rings is 1. The smallest absolute Gasteiger partial charge is 0.224 e. The Labute approximate surface area is 181 Å². The molecule has 5 nitrogen and oxygen atoms in total. The Morgan fingerprint density at radius 3 is 2.77 bits per heavy atom. The van der Waals surface area contributed by atoms with Gasteiger partial charge in [-0.05, 0) is 36.6 Å². The van der Waals surface area contributed by atoms with Crippen LogP contribution in [0.5, 0.6) is 5.75 Å². The van der Waals surface area contributed by atoms with E-state index in [9.17, 15) is 4.79 Å². The quantitative estimate of drug-likeness (QED) is 0.437. The standard InChI is InChI=1S/C24H27N3O2S/c1-29-21-11-5-10-20(15-21)26-24-27-22(16-30-24)18-8-4-9-19(14-18)25-23(28)13-12-17-6-2-3-7-17/h4-5,8-11,14-17H,2-3,6-7,12-13H2,1H3,(H,25,28)(H,26,27). The van der Waals surface area contributed by atoms with Gasteiger partial charge in [0, 0.05) is 34.8 Å². The molecule has 1 aromatic heterocycles. The number of benzene rings is 2. The number of carbonyl (C=O) groups is 1. The number of ether oxygens (including phenoxy) is 1. The van der Waals surface area contributed by atoms with Crippen molar-refractivity contribution in [3.8, 4) is 17.0 Å². The van der Waals surface area contributed by atoms with Crippen molar-refractivity contribution in [3.05, 3.63) is 53.9 Å². The van der Waals surface area contributed by atoms with Gasteiger partial charge >= 0.3 is 0 Å². The molecule has 4 rings (SSSR count). The molecule has 3 aromatic rings. The number of nitrogens with one attached hydrogen (secondary N) is 2. The van der Waals surface area contributed by atoms with Gasteiger partial charge in [0.05, 0.1) is 12.8 Å². The number of aromatic nitrogens is 1. The number of hydrogen-bond acceptors (Lipinski definition) is 5. The van der Waals surface area contributed by atoms with Crippen LogP contribution in [-0.4, -0.2) is 18.0 Å². The summed E-state index contributed by atoms with van der Waals surface area (Å²) in [6.07, 6.45) is 6.78. The molecule has 0 radical (unpaired) electrons. The third-order valence-electron chi connectivity index (χ3n) is 5.52. The Morgan fingerprint density at radius 1 is 1.13 bits per heavy atom. The second-order valence-electron chi connectivity index (χ2n) is 7.71. The molecule has 0 atom stereocenters. The first-order chi connectivity index (χ1) is 14.7. The van der Waals surface area contributed by atoms with Crippen LogP contribution in [0.4, 0.5) is 16.5 Å². The van der Waals surface area contributed by atoms with Gasteiger partial charge in [-0.3, -0.25) is 4.79 Å². The zero-order valence-electron chi connectivity index (χ0n) is 17.2. The molecule has 1 saturated carbocycles. The Kier molecular flexibility index (Phi) is 6.64. The van der Waals surface area contributed by atoms with Gasteiger partial charge in [0.15, 0.2) is 5.13 Å². The summed E-state index contributed by atoms with van der Waals surface area (Å²) in [4.78, 5) is 17.0. The predicted molar refractivity (Wildman–Crippen MR) is 124 cm³/mol. The van der Waals surface area contributed by atoms with Crippen molar-refractivity contribution in [2.24, 2.45) is 5.92 Å². The molecular formula is C24H27N3O2S. The molecule has 2 aromatic carbocycles. The van der Waals surface area contributed by atoms with E-state index in [1.807, 2.05) is 53.9 Å². The first kappa shape index (κ1) is 20.4. The number of carbonyl (C=O) groups excluding carboxylic acids is 1. The van der Waals surface area contributed by atoms with Crippen LogP contribution in [0, 0.1) is 5.92 Å². The third-order valence-corrected chi connectivity index (χ3v) is 6.28. The van der Waals surface area contributed by atoms with Crippen molar-refractivity contribution >= 4 is 33.8 Å². The minimum absolute atomic E-state index is 0.0951. The van der Waals surface area contributed by atoms with E-state index in [2.05, 4.69) is 10.6 Å². The van der Waals surface area contributed by atoms with Crippen LogP contribution >= 0.6 is 11.3 Å². The number of rotatable bonds is 8. The molecule has 0 spiro atoms. The van der Waals surface area contributed by atoms with Crippen LogP contribution in [-0.2, 0) is 4.79 Å². The molecule has 0 saturated heterocycles. The number of methoxy groups -OCH3 is 1. The highest BCUT2D eigenvalue weighted by Gasteiger charge is 2.16. The summed E-state index contributed by atoms with van der Waals surface area (Å²) in [5.74, 6) is 1.62. The van der Waals surface area contributed by atoms with E-state index in [4.69, 9.17) is 9.72 Å². The van der Waals surface area contributed by atoms with Crippen molar-refractivity contribution in [2.45, 2.75) is 38.5 Å². The number of anilines is 3. The topological polar surface area (TPSA) is 63.2 Å². The van der Waals surface area contributed by atoms with Crippen LogP contribution in [0.25, 0.3) is 11.3 Å². The Bertz CT molecular complexity index is 995. The number of amides is 1. The van der Waals surface area contributed by atoms with E-state index in [1.54, 1.807) is 18.4 Å². The molecule has 1 aliphatic carbocycles. The van der Waals surface area contributed by atoms with E-state index in [0.717, 1.165) is 45.9 Å². The fourth-order valence-corrected chi connectivity index (χ4v) is 4.64. The number of nitrogens with zero attached hydrogens (tertiary/aromatic N) is 1. The molecule has 1 fully saturated rings. The fraction of sp³-hybridized carbons (Fsp3) is 0.333. The van der Waals surface area contributed by atoms with Crippen molar-refractivity contribution in [1.82, 2.24) is 4.98 Å². The highest BCUT2D eigenvalue weighted by atomic mass is 32.1. The van der Waals surface area contributed by atoms with E-state index >= 15 is 0 Å². The highest BCUT2D eigenvalue weighted by Crippen LogP contribution is 2.30. The Balaban J connectivity index is 1.38. The van der Waals surface area contributed by atoms with Crippen molar-refractivity contribution in [2.75, 3.05) is 17.7 Å². The summed E-state index contributed by atoms with van der Waals surface area (Å²) in [7, 11) is 1.65. The van der Waals surface area contributed by atoms with Crippen LogP contribution in [0.3, 0.4) is 0 Å². The van der Waals surface area contributed by atoms with E-state index in [-0.39, 0.29) is 5.91 Å². The van der Waals surface area contributed by atoms with Gasteiger partial charge in [0.25, 0.3) is 0 Å². The van der Waals surface area contributed by atoms with Gasteiger partial charge in [0.1, 0.15) is 5.75 Å². The minimum atomic E-state index is 0.0951. The molecular weight excluding hydrogens is 394 g/mol. The molecule has 1 aliphatic rings. The van der Waals surface area contributed by atoms with Gasteiger partial charge < -0.3 is 15.4 Å². The largest absolute Gasteiger partial charge is 0.497 e. The van der Waals surface area contributed by atoms with Gasteiger partial charge in [0.2, 0.25) is 5.91 Å². The second-order valence-corrected chi connectivity index (χ2v) is 8.57. The molecule has 0 unspecified atom stereocenters. The molecule has 0 bridgehead atoms. The highest BCUT2D eigenvalue weighted by molar-refractivity contribution is 7.14. The molecule has 2 N–H and O–H groups in total. The summed E-state index contributed by atoms with van der Waals surface area (Å²) in [5, 5.41) is 9.19. The summed E-state index contributed by atoms with van der Waals surface area (Å²) in [6.45, 7) is 0. The zero-order valence-corrected chi connectivity index (χ0v) is 18.0. The normalized spacial score (nSPS) is 13.9. The van der Waals surface area contributed by atoms with Crippen molar-refractivity contribution in [3.63, 3.8) is 0 Å². The summed E-state index contributed by atoms with van der Waals surface area (Å²) in [6, 6.07) is 15.6. The van der Waals surface area contributed by atoms with Crippen LogP contribution in [0.15, 0.2) is 53.9 Å². The first-order valence-corrected chi connectivity index (χ1v) is 11.3. The maximum atomic E-state index is 12.3. The van der Waals surface area contributed by atoms with E-state index < -0.39 is 0 Å². The SMILES string of the molecule is COc1cccc(Nc2nc(-c3cccc(NC(=O)CCC4CCCC4)c3)cs2)c1. The minimum Gasteiger partial charge on any atom is -0.497 e. The maximum absolute atomic E-state index is 12.3. The average molecular weight is 422 g/mol. The summed E-state index contributed by atoms with van der Waals surface area (Å²) < 4.78 is 5.27. The lowest BCUT2D eigenvalue weighted by atomic mass is 10.0. The lowest BCUT2D eigenvalue weighted by molar-refractivity contribution is -0.116. The second kappa shape index (κ2) is 9.76. The first-order valence-electron chi connectivity index (χ1n) is 10.5. The molecule has 6 heteroatoms. The Morgan fingerprint density at radius 2 is 1.93 bits per heavy atom. The Hall–Kier alpha value is -2.86. The molecule has 0 aliphatic heterocycles. The summed E-state index contributed by atoms with van der Waals surface area (Å²) >= 11 is 1.54. The molecule has 1 amide bonds. The van der Waals surface area contributed by atoms with Crippen LogP contribution in [0.2, 0.25) is 0 Å². The van der Waals surface area contributed by atoms with Gasteiger partial charge in [-0.15, -0.1) is 11.3 Å². The van der Waals surface area contributed by atoms with Crippen molar-refractivity contribution in [1.29, 1.82) is 0 Å². The summed E-state index contributed by atoms with van der Waals surface area (Å²) in [5.41, 5.74) is 3.61. The number of hydrogen-bond donors (Lipinski definition) is 2. The van der Waals surface area contributed by atoms with E-state index in [0.29, 0.717) is 6.42 Å². The van der Waals surface area contributed by atoms with Gasteiger partial charge in [-0.1, -0.05) is 43.9 Å². The third kappa shape index (κ3) is 5.39. The molecule has 30 heavy (non-hydrogen) atoms. The van der Waals surface area contributed by atoms with Crippen LogP contribution in [0.1, 0.15) is 38.5 Å². The average Bonchev–Trinajstić information content (AvgIpc) is 3.45. The molecule has 156 valence electrons. The fourth-order valence-electron chi connectivity index (χ4n) is 3.90. The van der Waals surface area contributed by atoms with Gasteiger partial charge in [-0.2, -0.15) is 0 Å². The maximum Gasteiger partial charge on any atom is 0.224 e. The lowest BCUT2D eigenvalue weighted by Crippen LogP contribution is -2.12. The monoisotopic (exact) mass is 421 g/mol. The van der Waals surface area contributed by atoms with Crippen LogP contribution < -0.4 is 15.4 Å². The van der Waals surface area contributed by atoms with Crippen molar-refractivity contribution < 1.29 is 9.53 Å². The zero-order chi connectivity index (χ0) is 20.8.